The molecule has 1 aliphatic carbocycles. The van der Waals surface area contributed by atoms with Gasteiger partial charge in [-0.3, -0.25) is 0 Å². The maximum Gasteiger partial charge on any atom is 0.334 e. The molecule has 4 aliphatic rings. The van der Waals surface area contributed by atoms with Crippen LogP contribution in [0.3, 0.4) is 0 Å². The van der Waals surface area contributed by atoms with Gasteiger partial charge in [-0.25, -0.2) is 9.59 Å². The van der Waals surface area contributed by atoms with Gasteiger partial charge in [0.2, 0.25) is 6.29 Å². The molecular formula is C31H48O16. The van der Waals surface area contributed by atoms with Crippen LogP contribution in [0.15, 0.2) is 23.5 Å². The number of allylic oxidation sites excluding steroid dienone is 1. The van der Waals surface area contributed by atoms with Crippen molar-refractivity contribution in [3.05, 3.63) is 23.5 Å². The summed E-state index contributed by atoms with van der Waals surface area (Å²) in [5.74, 6) is -3.42. The van der Waals surface area contributed by atoms with Crippen LogP contribution < -0.4 is 0 Å². The second-order valence-corrected chi connectivity index (χ2v) is 13.1. The van der Waals surface area contributed by atoms with Crippen LogP contribution >= 0.6 is 0 Å². The Bertz CT molecular complexity index is 1140. The quantitative estimate of drug-likeness (QED) is 0.0772. The van der Waals surface area contributed by atoms with Crippen molar-refractivity contribution in [2.24, 2.45) is 23.7 Å². The topological polar surface area (TPSA) is 251 Å². The molecule has 268 valence electrons. The van der Waals surface area contributed by atoms with Crippen molar-refractivity contribution in [1.29, 1.82) is 0 Å². The lowest BCUT2D eigenvalue weighted by Crippen LogP contribution is -2.62. The third-order valence-corrected chi connectivity index (χ3v) is 9.66. The number of carbonyl (C=O) groups excluding carboxylic acids is 1. The number of carbonyl (C=O) groups is 2. The minimum atomic E-state index is -2.10. The van der Waals surface area contributed by atoms with E-state index in [4.69, 9.17) is 33.5 Å². The number of aliphatic hydroxyl groups excluding tert-OH is 6. The number of esters is 1. The molecule has 2 saturated heterocycles. The molecule has 3 heterocycles. The van der Waals surface area contributed by atoms with E-state index in [0.29, 0.717) is 18.4 Å². The fourth-order valence-corrected chi connectivity index (χ4v) is 6.51. The van der Waals surface area contributed by atoms with Gasteiger partial charge in [0.1, 0.15) is 37.1 Å². The number of hydrogen-bond acceptors (Lipinski definition) is 15. The molecule has 16 heteroatoms. The van der Waals surface area contributed by atoms with Gasteiger partial charge in [0.05, 0.1) is 31.2 Å². The highest BCUT2D eigenvalue weighted by Crippen LogP contribution is 2.47. The largest absolute Gasteiger partial charge is 0.478 e. The SMILES string of the molecule is C/C(=C\CCC(C)CCO)C(=O)OC[C@]1(O)CO[C@@H](O[C@H]2[C@H](O[C@@H]3OC=C(C(=O)O)[C@H]4C[C@H](O)[C@@H](C)[C@@H]34)O[C@H](CO)[C@@H](O)[C@@H]2O)[C@H]1O. The van der Waals surface area contributed by atoms with Crippen LogP contribution in [0.25, 0.3) is 0 Å². The van der Waals surface area contributed by atoms with Gasteiger partial charge in [0.15, 0.2) is 18.2 Å². The lowest BCUT2D eigenvalue weighted by molar-refractivity contribution is -0.365. The van der Waals surface area contributed by atoms with Crippen LogP contribution in [0.4, 0.5) is 0 Å². The summed E-state index contributed by atoms with van der Waals surface area (Å²) in [4.78, 5) is 24.3. The minimum absolute atomic E-state index is 0.0416. The van der Waals surface area contributed by atoms with Crippen molar-refractivity contribution < 1.29 is 78.9 Å². The Kier molecular flexibility index (Phi) is 12.8. The molecular weight excluding hydrogens is 628 g/mol. The number of aliphatic hydroxyl groups is 7. The van der Waals surface area contributed by atoms with Gasteiger partial charge in [-0.1, -0.05) is 19.9 Å². The molecule has 4 rings (SSSR count). The molecule has 1 saturated carbocycles. The van der Waals surface area contributed by atoms with Gasteiger partial charge in [-0.15, -0.1) is 0 Å². The molecule has 0 radical (unpaired) electrons. The summed E-state index contributed by atoms with van der Waals surface area (Å²) >= 11 is 0. The summed E-state index contributed by atoms with van der Waals surface area (Å²) in [7, 11) is 0. The summed E-state index contributed by atoms with van der Waals surface area (Å²) in [5.41, 5.74) is -1.85. The maximum absolute atomic E-state index is 12.5. The van der Waals surface area contributed by atoms with Crippen molar-refractivity contribution in [2.45, 2.75) is 108 Å². The number of carboxylic acids is 1. The van der Waals surface area contributed by atoms with Gasteiger partial charge in [-0.05, 0) is 44.4 Å². The Hall–Kier alpha value is -2.22. The minimum Gasteiger partial charge on any atom is -0.478 e. The van der Waals surface area contributed by atoms with Crippen molar-refractivity contribution in [1.82, 2.24) is 0 Å². The molecule has 8 N–H and O–H groups in total. The highest BCUT2D eigenvalue weighted by Gasteiger charge is 2.56. The smallest absolute Gasteiger partial charge is 0.334 e. The first-order valence-corrected chi connectivity index (χ1v) is 15.9. The fraction of sp³-hybridized carbons (Fsp3) is 0.806. The number of ether oxygens (including phenoxy) is 6. The number of hydrogen-bond donors (Lipinski definition) is 8. The Morgan fingerprint density at radius 2 is 1.81 bits per heavy atom. The average Bonchev–Trinajstić information content (AvgIpc) is 3.49. The molecule has 47 heavy (non-hydrogen) atoms. The molecule has 0 aromatic rings. The maximum atomic E-state index is 12.5. The first-order chi connectivity index (χ1) is 22.2. The Labute approximate surface area is 272 Å². The number of aliphatic carboxylic acids is 1. The van der Waals surface area contributed by atoms with E-state index in [1.165, 1.54) is 0 Å². The highest BCUT2D eigenvalue weighted by atomic mass is 16.8. The summed E-state index contributed by atoms with van der Waals surface area (Å²) in [6.45, 7) is 3.42. The molecule has 0 amide bonds. The lowest BCUT2D eigenvalue weighted by Gasteiger charge is -2.45. The second kappa shape index (κ2) is 16.0. The van der Waals surface area contributed by atoms with E-state index >= 15 is 0 Å². The molecule has 3 fully saturated rings. The summed E-state index contributed by atoms with van der Waals surface area (Å²) in [5, 5.41) is 82.5. The van der Waals surface area contributed by atoms with Crippen LogP contribution in [0, 0.1) is 23.7 Å². The van der Waals surface area contributed by atoms with Gasteiger partial charge >= 0.3 is 11.9 Å². The standard InChI is InChI=1S/C31H48O16/c1-14(7-8-32)5-4-6-15(2)27(40)43-12-31(41)13-44-30(25(31)37)46-24-23(36)22(35)20(10-33)45-29(24)47-28-21-16(3)19(34)9-17(21)18(11-42-28)26(38)39/h6,11,14,16-17,19-25,28-30,32-37,41H,4-5,7-10,12-13H2,1-3H3,(H,38,39)/b15-6+/t14?,16-,17-,19+,20-,21-,22-,23+,24-,25-,28+,29+,30+,31+/m1/s1. The lowest BCUT2D eigenvalue weighted by atomic mass is 9.83. The van der Waals surface area contributed by atoms with Gasteiger partial charge in [-0.2, -0.15) is 0 Å². The average molecular weight is 677 g/mol. The monoisotopic (exact) mass is 676 g/mol. The zero-order valence-corrected chi connectivity index (χ0v) is 26.7. The fourth-order valence-electron chi connectivity index (χ4n) is 6.51. The van der Waals surface area contributed by atoms with Crippen molar-refractivity contribution in [3.63, 3.8) is 0 Å². The van der Waals surface area contributed by atoms with Gasteiger partial charge < -0.3 is 69.3 Å². The molecule has 16 nitrogen and oxygen atoms in total. The van der Waals surface area contributed by atoms with Crippen LogP contribution in [0.1, 0.15) is 46.5 Å². The van der Waals surface area contributed by atoms with Gasteiger partial charge in [0.25, 0.3) is 0 Å². The Morgan fingerprint density at radius 3 is 2.47 bits per heavy atom. The zero-order valence-electron chi connectivity index (χ0n) is 26.7. The Morgan fingerprint density at radius 1 is 1.09 bits per heavy atom. The number of fused-ring (bicyclic) bond motifs is 1. The normalized spacial score (nSPS) is 41.1. The van der Waals surface area contributed by atoms with E-state index in [1.54, 1.807) is 19.9 Å². The van der Waals surface area contributed by atoms with Crippen LogP contribution in [-0.4, -0.2) is 140 Å². The summed E-state index contributed by atoms with van der Waals surface area (Å²) in [6, 6.07) is 0. The van der Waals surface area contributed by atoms with Crippen molar-refractivity contribution in [2.75, 3.05) is 26.4 Å². The van der Waals surface area contributed by atoms with E-state index in [-0.39, 0.29) is 24.5 Å². The molecule has 3 aliphatic heterocycles. The van der Waals surface area contributed by atoms with E-state index in [1.807, 2.05) is 6.92 Å². The first-order valence-electron chi connectivity index (χ1n) is 15.9. The van der Waals surface area contributed by atoms with Crippen LogP contribution in [0.2, 0.25) is 0 Å². The third kappa shape index (κ3) is 8.33. The van der Waals surface area contributed by atoms with Crippen LogP contribution in [-0.2, 0) is 38.0 Å². The van der Waals surface area contributed by atoms with E-state index in [0.717, 1.165) is 12.7 Å². The molecule has 0 spiro atoms. The predicted octanol–water partition coefficient (Wildman–Crippen LogP) is -1.48. The summed E-state index contributed by atoms with van der Waals surface area (Å²) in [6.07, 6.45) is -8.59. The third-order valence-electron chi connectivity index (χ3n) is 9.66. The zero-order chi connectivity index (χ0) is 34.6. The summed E-state index contributed by atoms with van der Waals surface area (Å²) < 4.78 is 33.8. The first kappa shape index (κ1) is 37.6. The Balaban J connectivity index is 1.43. The van der Waals surface area contributed by atoms with Crippen molar-refractivity contribution in [3.8, 4) is 0 Å². The molecule has 0 aromatic carbocycles. The van der Waals surface area contributed by atoms with E-state index < -0.39 is 111 Å². The molecule has 1 unspecified atom stereocenters. The van der Waals surface area contributed by atoms with Gasteiger partial charge in [0, 0.05) is 24.0 Å². The van der Waals surface area contributed by atoms with E-state index in [2.05, 4.69) is 0 Å². The number of carboxylic acid groups (broad SMARTS) is 1. The molecule has 0 aromatic heterocycles. The predicted molar refractivity (Wildman–Crippen MR) is 157 cm³/mol. The van der Waals surface area contributed by atoms with E-state index in [9.17, 15) is 45.3 Å². The molecule has 14 atom stereocenters. The van der Waals surface area contributed by atoms with Crippen molar-refractivity contribution >= 4 is 11.9 Å². The highest BCUT2D eigenvalue weighted by molar-refractivity contribution is 5.88. The number of rotatable bonds is 14. The molecule has 0 bridgehead atoms. The second-order valence-electron chi connectivity index (χ2n) is 13.1. The van der Waals surface area contributed by atoms with Crippen LogP contribution in [0.5, 0.6) is 0 Å².